The highest BCUT2D eigenvalue weighted by molar-refractivity contribution is 5.81. The molecule has 0 saturated carbocycles. The maximum absolute atomic E-state index is 10.3. The van der Waals surface area contributed by atoms with Crippen molar-refractivity contribution in [3.63, 3.8) is 0 Å². The predicted octanol–water partition coefficient (Wildman–Crippen LogP) is 3.26. The molecule has 1 aliphatic rings. The second kappa shape index (κ2) is 5.35. The topological polar surface area (TPSA) is 50.6 Å². The summed E-state index contributed by atoms with van der Waals surface area (Å²) in [7, 11) is 0. The predicted molar refractivity (Wildman–Crippen MR) is 78.9 cm³/mol. The highest BCUT2D eigenvalue weighted by Crippen LogP contribution is 2.32. The molecule has 1 saturated heterocycles. The Morgan fingerprint density at radius 1 is 0.950 bits per heavy atom. The molecule has 1 fully saturated rings. The molecule has 2 N–H and O–H groups in total. The van der Waals surface area contributed by atoms with Crippen LogP contribution in [0.2, 0.25) is 0 Å². The normalized spacial score (nSPS) is 19.2. The number of nitrogens with zero attached hydrogens (tertiary/aromatic N) is 2. The Labute approximate surface area is 118 Å². The lowest BCUT2D eigenvalue weighted by Crippen LogP contribution is -2.49. The highest BCUT2D eigenvalue weighted by atomic mass is 16.5. The number of benzene rings is 2. The van der Waals surface area contributed by atoms with Crippen molar-refractivity contribution in [1.29, 1.82) is 5.41 Å². The Bertz CT molecular complexity index is 585. The Morgan fingerprint density at radius 3 is 2.20 bits per heavy atom. The average molecular weight is 267 g/mol. The zero-order valence-corrected chi connectivity index (χ0v) is 11.1. The summed E-state index contributed by atoms with van der Waals surface area (Å²) in [5, 5.41) is 19.2. The maximum atomic E-state index is 10.3. The summed E-state index contributed by atoms with van der Waals surface area (Å²) in [6.45, 7) is 0.722. The van der Waals surface area contributed by atoms with Crippen molar-refractivity contribution in [1.82, 2.24) is 5.06 Å². The first-order valence-electron chi connectivity index (χ1n) is 6.69. The first-order chi connectivity index (χ1) is 9.77. The van der Waals surface area contributed by atoms with Crippen LogP contribution in [-0.2, 0) is 0 Å². The van der Waals surface area contributed by atoms with Crippen molar-refractivity contribution in [2.75, 3.05) is 11.4 Å². The molecule has 1 heterocycles. The van der Waals surface area contributed by atoms with Crippen LogP contribution in [-0.4, -0.2) is 22.7 Å². The smallest absolute Gasteiger partial charge is 0.154 e. The SMILES string of the molecule is N=C1CCN(c2ccccc2)C(c2ccccc2)N1O. The first kappa shape index (κ1) is 12.7. The van der Waals surface area contributed by atoms with Gasteiger partial charge in [0, 0.05) is 18.7 Å². The molecular weight excluding hydrogens is 250 g/mol. The van der Waals surface area contributed by atoms with Crippen LogP contribution in [0.15, 0.2) is 60.7 Å². The van der Waals surface area contributed by atoms with Crippen molar-refractivity contribution in [3.8, 4) is 0 Å². The standard InChI is InChI=1S/C16H17N3O/c17-15-11-12-18(14-9-5-2-6-10-14)16(19(15)20)13-7-3-1-4-8-13/h1-10,16-17,20H,11-12H2. The number of hydrogen-bond acceptors (Lipinski definition) is 3. The maximum Gasteiger partial charge on any atom is 0.154 e. The molecule has 2 aromatic rings. The van der Waals surface area contributed by atoms with Crippen LogP contribution in [0.1, 0.15) is 18.2 Å². The van der Waals surface area contributed by atoms with Crippen LogP contribution >= 0.6 is 0 Å². The summed E-state index contributed by atoms with van der Waals surface area (Å²) in [6, 6.07) is 19.8. The van der Waals surface area contributed by atoms with Crippen LogP contribution in [0.4, 0.5) is 5.69 Å². The minimum absolute atomic E-state index is 0.256. The third-order valence-electron chi connectivity index (χ3n) is 3.58. The number of hydrogen-bond donors (Lipinski definition) is 2. The van der Waals surface area contributed by atoms with E-state index < -0.39 is 0 Å². The fourth-order valence-electron chi connectivity index (χ4n) is 2.58. The Kier molecular flexibility index (Phi) is 3.39. The van der Waals surface area contributed by atoms with Gasteiger partial charge in [-0.1, -0.05) is 48.5 Å². The van der Waals surface area contributed by atoms with E-state index in [2.05, 4.69) is 4.90 Å². The van der Waals surface area contributed by atoms with Crippen molar-refractivity contribution in [3.05, 3.63) is 66.2 Å². The number of para-hydroxylation sites is 1. The van der Waals surface area contributed by atoms with Crippen molar-refractivity contribution in [2.24, 2.45) is 0 Å². The summed E-state index contributed by atoms with van der Waals surface area (Å²) < 4.78 is 0. The molecule has 0 spiro atoms. The lowest BCUT2D eigenvalue weighted by atomic mass is 10.1. The van der Waals surface area contributed by atoms with E-state index in [1.807, 2.05) is 60.7 Å². The largest absolute Gasteiger partial charge is 0.345 e. The summed E-state index contributed by atoms with van der Waals surface area (Å²) in [4.78, 5) is 2.12. The third-order valence-corrected chi connectivity index (χ3v) is 3.58. The molecule has 0 radical (unpaired) electrons. The molecule has 3 rings (SSSR count). The molecule has 102 valence electrons. The Hall–Kier alpha value is -2.33. The van der Waals surface area contributed by atoms with E-state index in [0.29, 0.717) is 6.42 Å². The zero-order chi connectivity index (χ0) is 13.9. The summed E-state index contributed by atoms with van der Waals surface area (Å²) in [6.07, 6.45) is 0.189. The van der Waals surface area contributed by atoms with E-state index in [-0.39, 0.29) is 12.0 Å². The molecule has 0 bridgehead atoms. The quantitative estimate of drug-likeness (QED) is 0.878. The highest BCUT2D eigenvalue weighted by Gasteiger charge is 2.32. The van der Waals surface area contributed by atoms with E-state index in [1.54, 1.807) is 0 Å². The first-order valence-corrected chi connectivity index (χ1v) is 6.69. The molecule has 0 amide bonds. The van der Waals surface area contributed by atoms with Gasteiger partial charge in [0.2, 0.25) is 0 Å². The summed E-state index contributed by atoms with van der Waals surface area (Å²) in [5.74, 6) is 0.256. The van der Waals surface area contributed by atoms with Crippen LogP contribution in [0.3, 0.4) is 0 Å². The van der Waals surface area contributed by atoms with Gasteiger partial charge in [-0.2, -0.15) is 0 Å². The number of hydroxylamine groups is 2. The molecule has 0 aliphatic carbocycles. The van der Waals surface area contributed by atoms with Gasteiger partial charge in [-0.15, -0.1) is 0 Å². The van der Waals surface area contributed by atoms with Crippen LogP contribution in [0, 0.1) is 5.41 Å². The van der Waals surface area contributed by atoms with Crippen LogP contribution < -0.4 is 4.90 Å². The number of anilines is 1. The molecule has 4 heteroatoms. The molecule has 1 unspecified atom stereocenters. The van der Waals surface area contributed by atoms with E-state index in [0.717, 1.165) is 22.9 Å². The summed E-state index contributed by atoms with van der Waals surface area (Å²) in [5.41, 5.74) is 2.02. The van der Waals surface area contributed by atoms with Gasteiger partial charge in [0.05, 0.1) is 0 Å². The van der Waals surface area contributed by atoms with E-state index in [1.165, 1.54) is 0 Å². The Morgan fingerprint density at radius 2 is 1.55 bits per heavy atom. The van der Waals surface area contributed by atoms with Crippen molar-refractivity contribution >= 4 is 11.5 Å². The van der Waals surface area contributed by atoms with E-state index in [4.69, 9.17) is 5.41 Å². The van der Waals surface area contributed by atoms with Gasteiger partial charge in [-0.25, -0.2) is 5.06 Å². The lowest BCUT2D eigenvalue weighted by Gasteiger charge is -2.43. The zero-order valence-electron chi connectivity index (χ0n) is 11.1. The Balaban J connectivity index is 2.01. The average Bonchev–Trinajstić information content (AvgIpc) is 2.51. The van der Waals surface area contributed by atoms with Gasteiger partial charge in [-0.05, 0) is 17.7 Å². The molecule has 1 aliphatic heterocycles. The van der Waals surface area contributed by atoms with E-state index >= 15 is 0 Å². The van der Waals surface area contributed by atoms with Crippen LogP contribution in [0.25, 0.3) is 0 Å². The second-order valence-electron chi connectivity index (χ2n) is 4.85. The lowest BCUT2D eigenvalue weighted by molar-refractivity contribution is -0.0654. The minimum atomic E-state index is -0.347. The van der Waals surface area contributed by atoms with Crippen LogP contribution in [0.5, 0.6) is 0 Å². The number of rotatable bonds is 2. The van der Waals surface area contributed by atoms with Gasteiger partial charge in [-0.3, -0.25) is 10.6 Å². The number of nitrogens with one attached hydrogen (secondary N) is 1. The molecule has 1 atom stereocenters. The van der Waals surface area contributed by atoms with Crippen molar-refractivity contribution in [2.45, 2.75) is 12.6 Å². The summed E-state index contributed by atoms with van der Waals surface area (Å²) >= 11 is 0. The number of amidine groups is 1. The monoisotopic (exact) mass is 267 g/mol. The molecule has 0 aromatic heterocycles. The van der Waals surface area contributed by atoms with E-state index in [9.17, 15) is 5.21 Å². The minimum Gasteiger partial charge on any atom is -0.345 e. The fraction of sp³-hybridized carbons (Fsp3) is 0.188. The van der Waals surface area contributed by atoms with Gasteiger partial charge < -0.3 is 4.90 Å². The molecule has 2 aromatic carbocycles. The second-order valence-corrected chi connectivity index (χ2v) is 4.85. The fourth-order valence-corrected chi connectivity index (χ4v) is 2.58. The van der Waals surface area contributed by atoms with Crippen molar-refractivity contribution < 1.29 is 5.21 Å². The van der Waals surface area contributed by atoms with Gasteiger partial charge >= 0.3 is 0 Å². The molecule has 20 heavy (non-hydrogen) atoms. The third kappa shape index (κ3) is 2.26. The van der Waals surface area contributed by atoms with Gasteiger partial charge in [0.25, 0.3) is 0 Å². The van der Waals surface area contributed by atoms with Gasteiger partial charge in [0.15, 0.2) is 6.17 Å². The van der Waals surface area contributed by atoms with Gasteiger partial charge in [0.1, 0.15) is 5.84 Å². The molecule has 4 nitrogen and oxygen atoms in total. The molecular formula is C16H17N3O.